The molecule has 2 aliphatic rings. The van der Waals surface area contributed by atoms with Crippen molar-refractivity contribution in [1.82, 2.24) is 0 Å². The SMILES string of the molecule is C[C@@H]1C(c2ccccc2)=[C-]c2ccccc21.C[C@H]1C(c2ccccc2)=[C-]c2ccccc21.[Zr+2]. The van der Waals surface area contributed by atoms with Crippen LogP contribution < -0.4 is 0 Å². The second-order valence-corrected chi connectivity index (χ2v) is 8.43. The molecule has 1 heteroatoms. The summed E-state index contributed by atoms with van der Waals surface area (Å²) < 4.78 is 0. The second-order valence-electron chi connectivity index (χ2n) is 8.43. The average Bonchev–Trinajstić information content (AvgIpc) is 3.38. The van der Waals surface area contributed by atoms with Crippen LogP contribution in [0, 0.1) is 12.2 Å². The Kier molecular flexibility index (Phi) is 7.41. The van der Waals surface area contributed by atoms with Crippen molar-refractivity contribution in [2.45, 2.75) is 25.7 Å². The molecule has 0 saturated carbocycles. The van der Waals surface area contributed by atoms with Crippen LogP contribution in [0.4, 0.5) is 0 Å². The maximum atomic E-state index is 3.52. The minimum Gasteiger partial charge on any atom is -0.146 e. The van der Waals surface area contributed by atoms with Gasteiger partial charge in [-0.2, -0.15) is 0 Å². The van der Waals surface area contributed by atoms with Gasteiger partial charge in [-0.05, 0) is 11.8 Å². The van der Waals surface area contributed by atoms with E-state index < -0.39 is 0 Å². The first-order chi connectivity index (χ1) is 15.7. The Hall–Kier alpha value is -2.76. The molecule has 0 heterocycles. The van der Waals surface area contributed by atoms with Crippen LogP contribution in [0.1, 0.15) is 59.1 Å². The Morgan fingerprint density at radius 1 is 0.455 bits per heavy atom. The summed E-state index contributed by atoms with van der Waals surface area (Å²) in [6.07, 6.45) is 7.03. The van der Waals surface area contributed by atoms with Crippen molar-refractivity contribution in [1.29, 1.82) is 0 Å². The van der Waals surface area contributed by atoms with Gasteiger partial charge in [0, 0.05) is 0 Å². The molecule has 0 N–H and O–H groups in total. The number of fused-ring (bicyclic) bond motifs is 2. The molecule has 0 fully saturated rings. The van der Waals surface area contributed by atoms with Crippen molar-refractivity contribution in [3.8, 4) is 0 Å². The van der Waals surface area contributed by atoms with Crippen LogP contribution in [0.5, 0.6) is 0 Å². The molecule has 158 valence electrons. The van der Waals surface area contributed by atoms with Crippen LogP contribution in [0.2, 0.25) is 0 Å². The van der Waals surface area contributed by atoms with Gasteiger partial charge in [0.15, 0.2) is 0 Å². The zero-order valence-corrected chi connectivity index (χ0v) is 21.5. The van der Waals surface area contributed by atoms with Crippen LogP contribution in [0.3, 0.4) is 0 Å². The molecule has 2 aliphatic carbocycles. The predicted molar refractivity (Wildman–Crippen MR) is 134 cm³/mol. The van der Waals surface area contributed by atoms with Crippen molar-refractivity contribution in [3.63, 3.8) is 0 Å². The van der Waals surface area contributed by atoms with Crippen molar-refractivity contribution in [3.05, 3.63) is 155 Å². The van der Waals surface area contributed by atoms with Crippen molar-refractivity contribution >= 4 is 11.1 Å². The van der Waals surface area contributed by atoms with Crippen molar-refractivity contribution in [2.75, 3.05) is 0 Å². The number of hydrogen-bond donors (Lipinski definition) is 0. The third-order valence-electron chi connectivity index (χ3n) is 6.43. The average molecular weight is 502 g/mol. The van der Waals surface area contributed by atoms with E-state index >= 15 is 0 Å². The third kappa shape index (κ3) is 4.80. The standard InChI is InChI=1S/2C16H13.Zr/c2*1-12-15-10-6-5-9-14(15)11-16(12)13-7-3-2-4-8-13;/h2*2-10,12H,1H3;/q2*-1;+2/t2*12-;/m10./s1. The Labute approximate surface area is 216 Å². The molecule has 4 aromatic rings. The molecule has 0 nitrogen and oxygen atoms in total. The van der Waals surface area contributed by atoms with E-state index in [4.69, 9.17) is 0 Å². The fraction of sp³-hybridized carbons (Fsp3) is 0.125. The number of rotatable bonds is 2. The molecule has 0 bridgehead atoms. The molecule has 0 radical (unpaired) electrons. The summed E-state index contributed by atoms with van der Waals surface area (Å²) >= 11 is 0. The smallest absolute Gasteiger partial charge is 0.146 e. The van der Waals surface area contributed by atoms with E-state index in [1.54, 1.807) is 0 Å². The normalized spacial score (nSPS) is 17.5. The van der Waals surface area contributed by atoms with Crippen LogP contribution in [-0.2, 0) is 26.2 Å². The Bertz CT molecular complexity index is 1180. The maximum absolute atomic E-state index is 3.52. The van der Waals surface area contributed by atoms with Gasteiger partial charge < -0.3 is 0 Å². The molecular formula is C32H26Zr. The number of benzene rings is 4. The molecule has 0 spiro atoms. The van der Waals surface area contributed by atoms with Gasteiger partial charge in [0.05, 0.1) is 0 Å². The maximum Gasteiger partial charge on any atom is 2.00 e. The minimum atomic E-state index is 0. The zero-order valence-electron chi connectivity index (χ0n) is 19.0. The molecule has 6 rings (SSSR count). The van der Waals surface area contributed by atoms with Crippen LogP contribution in [-0.4, -0.2) is 0 Å². The Morgan fingerprint density at radius 2 is 0.788 bits per heavy atom. The summed E-state index contributed by atoms with van der Waals surface area (Å²) in [5, 5.41) is 0. The molecule has 4 aromatic carbocycles. The third-order valence-corrected chi connectivity index (χ3v) is 6.43. The fourth-order valence-electron chi connectivity index (χ4n) is 4.67. The Morgan fingerprint density at radius 3 is 1.15 bits per heavy atom. The summed E-state index contributed by atoms with van der Waals surface area (Å²) in [4.78, 5) is 0. The second kappa shape index (κ2) is 10.5. The molecule has 33 heavy (non-hydrogen) atoms. The van der Waals surface area contributed by atoms with Gasteiger partial charge in [-0.1, -0.05) is 97.8 Å². The van der Waals surface area contributed by atoms with E-state index in [9.17, 15) is 0 Å². The largest absolute Gasteiger partial charge is 2.00 e. The fourth-order valence-corrected chi connectivity index (χ4v) is 4.67. The van der Waals surface area contributed by atoms with Gasteiger partial charge in [0.25, 0.3) is 0 Å². The van der Waals surface area contributed by atoms with Gasteiger partial charge in [0.1, 0.15) is 0 Å². The summed E-state index contributed by atoms with van der Waals surface area (Å²) in [5.41, 5.74) is 10.5. The van der Waals surface area contributed by atoms with E-state index in [1.807, 2.05) is 0 Å². The molecule has 0 unspecified atom stereocenters. The number of hydrogen-bond acceptors (Lipinski definition) is 0. The van der Waals surface area contributed by atoms with E-state index in [1.165, 1.54) is 44.5 Å². The molecule has 2 atom stereocenters. The van der Waals surface area contributed by atoms with Gasteiger partial charge in [-0.25, -0.2) is 0 Å². The van der Waals surface area contributed by atoms with E-state index in [-0.39, 0.29) is 26.2 Å². The topological polar surface area (TPSA) is 0 Å². The first kappa shape index (κ1) is 23.4. The molecule has 0 saturated heterocycles. The van der Waals surface area contributed by atoms with E-state index in [2.05, 4.69) is 135 Å². The quantitative estimate of drug-likeness (QED) is 0.244. The summed E-state index contributed by atoms with van der Waals surface area (Å²) in [5.74, 6) is 0.914. The summed E-state index contributed by atoms with van der Waals surface area (Å²) in [7, 11) is 0. The van der Waals surface area contributed by atoms with Crippen molar-refractivity contribution < 1.29 is 26.2 Å². The van der Waals surface area contributed by atoms with Crippen molar-refractivity contribution in [2.24, 2.45) is 0 Å². The van der Waals surface area contributed by atoms with Gasteiger partial charge in [-0.15, -0.1) is 82.0 Å². The zero-order chi connectivity index (χ0) is 21.9. The molecular weight excluding hydrogens is 476 g/mol. The van der Waals surface area contributed by atoms with Gasteiger partial charge in [-0.3, -0.25) is 0 Å². The summed E-state index contributed by atoms with van der Waals surface area (Å²) in [6, 6.07) is 38.1. The Balaban J connectivity index is 0.000000152. The summed E-state index contributed by atoms with van der Waals surface area (Å²) in [6.45, 7) is 4.50. The van der Waals surface area contributed by atoms with E-state index in [0.717, 1.165) is 0 Å². The predicted octanol–water partition coefficient (Wildman–Crippen LogP) is 8.07. The molecule has 0 amide bonds. The van der Waals surface area contributed by atoms with E-state index in [0.29, 0.717) is 11.8 Å². The van der Waals surface area contributed by atoms with Crippen LogP contribution in [0.25, 0.3) is 11.1 Å². The monoisotopic (exact) mass is 500 g/mol. The van der Waals surface area contributed by atoms with Crippen LogP contribution >= 0.6 is 0 Å². The molecule has 0 aromatic heterocycles. The number of allylic oxidation sites excluding steroid dienone is 2. The molecule has 0 aliphatic heterocycles. The minimum absolute atomic E-state index is 0. The van der Waals surface area contributed by atoms with Crippen LogP contribution in [0.15, 0.2) is 109 Å². The van der Waals surface area contributed by atoms with Gasteiger partial charge in [0.2, 0.25) is 0 Å². The van der Waals surface area contributed by atoms with Gasteiger partial charge >= 0.3 is 26.2 Å². The first-order valence-electron chi connectivity index (χ1n) is 11.3. The first-order valence-corrected chi connectivity index (χ1v) is 11.3.